The van der Waals surface area contributed by atoms with Gasteiger partial charge in [0.1, 0.15) is 49.7 Å². The van der Waals surface area contributed by atoms with Crippen molar-refractivity contribution in [1.29, 1.82) is 0 Å². The number of aromatic nitrogens is 7. The number of rotatable bonds is 11. The van der Waals surface area contributed by atoms with Crippen molar-refractivity contribution in [3.63, 3.8) is 0 Å². The second kappa shape index (κ2) is 13.4. The Hall–Kier alpha value is -5.01. The van der Waals surface area contributed by atoms with Crippen molar-refractivity contribution in [2.24, 2.45) is 0 Å². The monoisotopic (exact) mass is 637 g/mol. The summed E-state index contributed by atoms with van der Waals surface area (Å²) < 4.78 is 23.6. The zero-order valence-corrected chi connectivity index (χ0v) is 26.6. The molecule has 13 heteroatoms. The van der Waals surface area contributed by atoms with Gasteiger partial charge in [0.2, 0.25) is 5.79 Å². The van der Waals surface area contributed by atoms with E-state index in [0.29, 0.717) is 25.5 Å². The summed E-state index contributed by atoms with van der Waals surface area (Å²) >= 11 is 0. The minimum Gasteiger partial charge on any atom is -0.491 e. The van der Waals surface area contributed by atoms with Gasteiger partial charge in [0.15, 0.2) is 0 Å². The van der Waals surface area contributed by atoms with Crippen LogP contribution in [-0.4, -0.2) is 79.6 Å². The molecule has 3 aromatic heterocycles. The molecular formula is C34H39N9O4. The molecular weight excluding hydrogens is 598 g/mol. The molecule has 2 aliphatic rings. The quantitative estimate of drug-likeness (QED) is 0.212. The van der Waals surface area contributed by atoms with Crippen molar-refractivity contribution >= 4 is 11.4 Å². The van der Waals surface area contributed by atoms with Gasteiger partial charge in [-0.3, -0.25) is 4.98 Å². The Morgan fingerprint density at radius 2 is 1.62 bits per heavy atom. The van der Waals surface area contributed by atoms with E-state index >= 15 is 0 Å². The van der Waals surface area contributed by atoms with E-state index in [1.807, 2.05) is 49.4 Å². The molecule has 0 bridgehead atoms. The molecule has 0 radical (unpaired) electrons. The van der Waals surface area contributed by atoms with Crippen molar-refractivity contribution in [3.8, 4) is 11.4 Å². The molecule has 2 saturated heterocycles. The van der Waals surface area contributed by atoms with Crippen molar-refractivity contribution in [1.82, 2.24) is 34.1 Å². The highest BCUT2D eigenvalue weighted by atomic mass is 16.8. The van der Waals surface area contributed by atoms with Crippen LogP contribution in [0.2, 0.25) is 0 Å². The Kier molecular flexibility index (Phi) is 8.72. The zero-order valence-electron chi connectivity index (χ0n) is 26.6. The molecule has 0 aliphatic carbocycles. The Labute approximate surface area is 272 Å². The Balaban J connectivity index is 0.913. The molecule has 13 nitrogen and oxygen atoms in total. The Morgan fingerprint density at radius 3 is 2.26 bits per heavy atom. The minimum atomic E-state index is -1.06. The van der Waals surface area contributed by atoms with Crippen molar-refractivity contribution in [3.05, 3.63) is 108 Å². The topological polar surface area (TPSA) is 118 Å². The molecule has 0 spiro atoms. The van der Waals surface area contributed by atoms with Crippen LogP contribution in [0.15, 0.2) is 96.7 Å². The summed E-state index contributed by atoms with van der Waals surface area (Å²) in [6.45, 7) is 8.70. The molecule has 5 heterocycles. The Bertz CT molecular complexity index is 1780. The number of ether oxygens (including phenoxy) is 3. The van der Waals surface area contributed by atoms with Crippen molar-refractivity contribution in [2.75, 3.05) is 49.2 Å². The summed E-state index contributed by atoms with van der Waals surface area (Å²) in [7, 11) is 0. The molecule has 5 aromatic rings. The first-order valence-corrected chi connectivity index (χ1v) is 16.1. The van der Waals surface area contributed by atoms with Crippen LogP contribution in [0.25, 0.3) is 5.69 Å². The van der Waals surface area contributed by atoms with Gasteiger partial charge in [0, 0.05) is 43.8 Å². The molecule has 244 valence electrons. The van der Waals surface area contributed by atoms with Crippen LogP contribution in [0.1, 0.15) is 32.0 Å². The molecule has 0 amide bonds. The van der Waals surface area contributed by atoms with E-state index in [0.717, 1.165) is 55.4 Å². The number of piperazine rings is 1. The highest BCUT2D eigenvalue weighted by molar-refractivity contribution is 5.54. The minimum absolute atomic E-state index is 0.0704. The first-order valence-electron chi connectivity index (χ1n) is 16.1. The van der Waals surface area contributed by atoms with Crippen LogP contribution in [0.3, 0.4) is 0 Å². The van der Waals surface area contributed by atoms with Gasteiger partial charge < -0.3 is 24.0 Å². The zero-order chi connectivity index (χ0) is 32.2. The molecule has 0 unspecified atom stereocenters. The molecule has 47 heavy (non-hydrogen) atoms. The molecule has 2 aromatic carbocycles. The van der Waals surface area contributed by atoms with E-state index in [2.05, 4.69) is 61.2 Å². The summed E-state index contributed by atoms with van der Waals surface area (Å²) in [5.74, 6) is -0.287. The number of hydrogen-bond donors (Lipinski definition) is 0. The van der Waals surface area contributed by atoms with Gasteiger partial charge in [-0.15, -0.1) is 0 Å². The van der Waals surface area contributed by atoms with Crippen LogP contribution in [0.5, 0.6) is 5.75 Å². The van der Waals surface area contributed by atoms with Gasteiger partial charge in [-0.05, 0) is 74.0 Å². The first-order chi connectivity index (χ1) is 23.0. The second-order valence-electron chi connectivity index (χ2n) is 11.9. The number of pyridine rings is 1. The molecule has 2 fully saturated rings. The lowest BCUT2D eigenvalue weighted by Gasteiger charge is -2.37. The second-order valence-corrected chi connectivity index (χ2v) is 11.9. The third-order valence-electron chi connectivity index (χ3n) is 8.86. The average molecular weight is 638 g/mol. The highest BCUT2D eigenvalue weighted by Crippen LogP contribution is 2.35. The molecule has 0 N–H and O–H groups in total. The van der Waals surface area contributed by atoms with Gasteiger partial charge in [0.05, 0.1) is 18.3 Å². The third-order valence-corrected chi connectivity index (χ3v) is 8.86. The van der Waals surface area contributed by atoms with Crippen LogP contribution >= 0.6 is 0 Å². The van der Waals surface area contributed by atoms with E-state index < -0.39 is 5.79 Å². The van der Waals surface area contributed by atoms with Crippen LogP contribution in [-0.2, 0) is 21.8 Å². The summed E-state index contributed by atoms with van der Waals surface area (Å²) in [5.41, 5.74) is 3.70. The summed E-state index contributed by atoms with van der Waals surface area (Å²) in [5, 5.41) is 8.52. The fraction of sp³-hybridized carbons (Fsp3) is 0.382. The maximum Gasteiger partial charge on any atom is 0.350 e. The summed E-state index contributed by atoms with van der Waals surface area (Å²) in [6, 6.07) is 22.1. The standard InChI is InChI=1S/C34H39N9O4/c1-3-26(2)43-33(44)42(25-38-43)29-9-7-27(8-10-29)39-16-18-40(19-17-39)28-11-13-30(14-12-28)45-20-31-21-46-34(47-31,22-41-24-35-23-37-41)32-6-4-5-15-36-32/h4-15,23-26,31H,3,16-22H2,1-2H3/t26-,31+,34+/m1/s1. The maximum atomic E-state index is 12.8. The maximum absolute atomic E-state index is 12.8. The Morgan fingerprint density at radius 1 is 0.915 bits per heavy atom. The first kappa shape index (κ1) is 30.6. The molecule has 7 rings (SSSR count). The summed E-state index contributed by atoms with van der Waals surface area (Å²) in [6.07, 6.45) is 7.03. The lowest BCUT2D eigenvalue weighted by Crippen LogP contribution is -2.46. The van der Waals surface area contributed by atoms with Crippen molar-refractivity contribution < 1.29 is 14.2 Å². The number of nitrogens with zero attached hydrogens (tertiary/aromatic N) is 9. The van der Waals surface area contributed by atoms with E-state index in [-0.39, 0.29) is 17.8 Å². The predicted octanol–water partition coefficient (Wildman–Crippen LogP) is 3.67. The van der Waals surface area contributed by atoms with Gasteiger partial charge in [0.25, 0.3) is 0 Å². The number of anilines is 2. The molecule has 0 saturated carbocycles. The lowest BCUT2D eigenvalue weighted by atomic mass is 10.1. The lowest BCUT2D eigenvalue weighted by molar-refractivity contribution is -0.193. The van der Waals surface area contributed by atoms with E-state index in [4.69, 9.17) is 14.2 Å². The van der Waals surface area contributed by atoms with Crippen LogP contribution in [0.4, 0.5) is 11.4 Å². The fourth-order valence-corrected chi connectivity index (χ4v) is 6.02. The van der Waals surface area contributed by atoms with Crippen molar-refractivity contribution in [2.45, 2.75) is 44.7 Å². The van der Waals surface area contributed by atoms with Gasteiger partial charge in [-0.25, -0.2) is 23.7 Å². The normalized spacial score (nSPS) is 20.4. The number of hydrogen-bond acceptors (Lipinski definition) is 10. The van der Waals surface area contributed by atoms with E-state index in [1.54, 1.807) is 32.8 Å². The van der Waals surface area contributed by atoms with E-state index in [9.17, 15) is 4.79 Å². The van der Waals surface area contributed by atoms with Gasteiger partial charge in [-0.2, -0.15) is 10.2 Å². The van der Waals surface area contributed by atoms with Gasteiger partial charge >= 0.3 is 5.69 Å². The SMILES string of the molecule is CC[C@@H](C)n1ncn(-c2ccc(N3CCN(c4ccc(OC[C@H]5CO[C@](Cn6cncn6)(c6ccccn6)O5)cc4)CC3)cc2)c1=O. The predicted molar refractivity (Wildman–Crippen MR) is 176 cm³/mol. The summed E-state index contributed by atoms with van der Waals surface area (Å²) in [4.78, 5) is 26.1. The van der Waals surface area contributed by atoms with Gasteiger partial charge in [-0.1, -0.05) is 13.0 Å². The largest absolute Gasteiger partial charge is 0.491 e. The smallest absolute Gasteiger partial charge is 0.350 e. The average Bonchev–Trinajstić information content (AvgIpc) is 3.89. The third kappa shape index (κ3) is 6.49. The van der Waals surface area contributed by atoms with Crippen LogP contribution in [0, 0.1) is 0 Å². The fourth-order valence-electron chi connectivity index (χ4n) is 6.02. The molecule has 3 atom stereocenters. The van der Waals surface area contributed by atoms with E-state index in [1.165, 1.54) is 6.33 Å². The number of benzene rings is 2. The highest BCUT2D eigenvalue weighted by Gasteiger charge is 2.45. The molecule has 2 aliphatic heterocycles. The van der Waals surface area contributed by atoms with Crippen LogP contribution < -0.4 is 20.2 Å².